The van der Waals surface area contributed by atoms with E-state index >= 15 is 0 Å². The predicted molar refractivity (Wildman–Crippen MR) is 49.4 cm³/mol. The zero-order valence-electron chi connectivity index (χ0n) is 8.94. The molecule has 1 rings (SSSR count). The van der Waals surface area contributed by atoms with Crippen LogP contribution in [0.25, 0.3) is 0 Å². The molecule has 0 amide bonds. The molecule has 0 aliphatic carbocycles. The van der Waals surface area contributed by atoms with Crippen molar-refractivity contribution in [2.24, 2.45) is 11.8 Å². The van der Waals surface area contributed by atoms with Crippen molar-refractivity contribution in [3.8, 4) is 0 Å². The van der Waals surface area contributed by atoms with E-state index in [1.165, 1.54) is 0 Å². The van der Waals surface area contributed by atoms with Gasteiger partial charge in [0.05, 0.1) is 11.8 Å². The van der Waals surface area contributed by atoms with Crippen molar-refractivity contribution in [3.63, 3.8) is 0 Å². The Morgan fingerprint density at radius 3 is 1.36 bits per heavy atom. The van der Waals surface area contributed by atoms with Crippen LogP contribution in [0.1, 0.15) is 27.7 Å². The molecule has 1 saturated heterocycles. The molecule has 0 radical (unpaired) electrons. The Morgan fingerprint density at radius 2 is 1.07 bits per heavy atom. The highest BCUT2D eigenvalue weighted by molar-refractivity contribution is 5.82. The first-order chi connectivity index (χ1) is 6.43. The van der Waals surface area contributed by atoms with Gasteiger partial charge in [0.15, 0.2) is 0 Å². The molecular weight excluding hydrogens is 184 g/mol. The van der Waals surface area contributed by atoms with Crippen LogP contribution >= 0.6 is 0 Å². The number of ether oxygens (including phenoxy) is 2. The molecule has 1 aliphatic rings. The predicted octanol–water partition coefficient (Wildman–Crippen LogP) is 1.14. The molecule has 1 fully saturated rings. The SMILES string of the molecule is CC1OC(=O)C(C)C(C)C(=O)OC1C. The van der Waals surface area contributed by atoms with Gasteiger partial charge in [-0.3, -0.25) is 9.59 Å². The quantitative estimate of drug-likeness (QED) is 0.550. The van der Waals surface area contributed by atoms with Gasteiger partial charge in [-0.2, -0.15) is 0 Å². The molecule has 0 N–H and O–H groups in total. The van der Waals surface area contributed by atoms with E-state index in [9.17, 15) is 9.59 Å². The summed E-state index contributed by atoms with van der Waals surface area (Å²) in [6.45, 7) is 6.80. The van der Waals surface area contributed by atoms with Gasteiger partial charge in [0.2, 0.25) is 0 Å². The van der Waals surface area contributed by atoms with E-state index in [-0.39, 0.29) is 24.1 Å². The minimum atomic E-state index is -0.433. The van der Waals surface area contributed by atoms with Gasteiger partial charge in [0.25, 0.3) is 0 Å². The third-order valence-corrected chi connectivity index (χ3v) is 2.76. The number of carbonyl (C=O) groups excluding carboxylic acids is 2. The molecule has 14 heavy (non-hydrogen) atoms. The molecule has 1 aliphatic heterocycles. The van der Waals surface area contributed by atoms with Gasteiger partial charge in [0, 0.05) is 0 Å². The van der Waals surface area contributed by atoms with E-state index in [1.807, 2.05) is 0 Å². The van der Waals surface area contributed by atoms with Crippen molar-refractivity contribution in [1.82, 2.24) is 0 Å². The Labute approximate surface area is 83.6 Å². The first kappa shape index (κ1) is 11.0. The number of hydrogen-bond acceptors (Lipinski definition) is 4. The van der Waals surface area contributed by atoms with Crippen molar-refractivity contribution >= 4 is 11.9 Å². The lowest BCUT2D eigenvalue weighted by Crippen LogP contribution is -2.40. The maximum atomic E-state index is 11.4. The van der Waals surface area contributed by atoms with Crippen molar-refractivity contribution in [1.29, 1.82) is 0 Å². The zero-order chi connectivity index (χ0) is 10.9. The third-order valence-electron chi connectivity index (χ3n) is 2.76. The summed E-state index contributed by atoms with van der Waals surface area (Å²) < 4.78 is 10.2. The average Bonchev–Trinajstić information content (AvgIpc) is 2.13. The van der Waals surface area contributed by atoms with Gasteiger partial charge in [-0.1, -0.05) is 13.8 Å². The second-order valence-electron chi connectivity index (χ2n) is 3.86. The Morgan fingerprint density at radius 1 is 0.786 bits per heavy atom. The Balaban J connectivity index is 2.83. The second-order valence-corrected chi connectivity index (χ2v) is 3.86. The van der Waals surface area contributed by atoms with Gasteiger partial charge < -0.3 is 9.47 Å². The summed E-state index contributed by atoms with van der Waals surface area (Å²) in [5.41, 5.74) is 0. The van der Waals surface area contributed by atoms with Gasteiger partial charge in [-0.05, 0) is 13.8 Å². The number of esters is 2. The average molecular weight is 200 g/mol. The highest BCUT2D eigenvalue weighted by Gasteiger charge is 2.35. The van der Waals surface area contributed by atoms with Crippen LogP contribution in [0.4, 0.5) is 0 Å². The first-order valence-corrected chi connectivity index (χ1v) is 4.84. The van der Waals surface area contributed by atoms with Crippen LogP contribution in [0, 0.1) is 11.8 Å². The van der Waals surface area contributed by atoms with Crippen molar-refractivity contribution in [3.05, 3.63) is 0 Å². The summed E-state index contributed by atoms with van der Waals surface area (Å²) in [5, 5.41) is 0. The van der Waals surface area contributed by atoms with Crippen molar-refractivity contribution in [2.75, 3.05) is 0 Å². The fourth-order valence-corrected chi connectivity index (χ4v) is 1.18. The summed E-state index contributed by atoms with van der Waals surface area (Å²) in [5.74, 6) is -1.52. The molecule has 0 bridgehead atoms. The van der Waals surface area contributed by atoms with Gasteiger partial charge >= 0.3 is 11.9 Å². The van der Waals surface area contributed by atoms with Crippen LogP contribution in [0.5, 0.6) is 0 Å². The van der Waals surface area contributed by atoms with Crippen LogP contribution in [-0.2, 0) is 19.1 Å². The molecule has 0 spiro atoms. The topological polar surface area (TPSA) is 52.6 Å². The first-order valence-electron chi connectivity index (χ1n) is 4.84. The fourth-order valence-electron chi connectivity index (χ4n) is 1.18. The molecule has 0 aromatic carbocycles. The monoisotopic (exact) mass is 200 g/mol. The molecule has 4 nitrogen and oxygen atoms in total. The molecule has 0 aromatic heterocycles. The van der Waals surface area contributed by atoms with E-state index in [0.29, 0.717) is 0 Å². The summed E-state index contributed by atoms with van der Waals surface area (Å²) >= 11 is 0. The normalized spacial score (nSPS) is 39.4. The van der Waals surface area contributed by atoms with Crippen molar-refractivity contribution < 1.29 is 19.1 Å². The molecule has 0 aromatic rings. The third kappa shape index (κ3) is 2.05. The number of carbonyl (C=O) groups is 2. The summed E-state index contributed by atoms with van der Waals surface area (Å²) in [6, 6.07) is 0. The van der Waals surface area contributed by atoms with E-state index in [0.717, 1.165) is 0 Å². The van der Waals surface area contributed by atoms with Gasteiger partial charge in [-0.15, -0.1) is 0 Å². The van der Waals surface area contributed by atoms with Crippen LogP contribution in [0.15, 0.2) is 0 Å². The fraction of sp³-hybridized carbons (Fsp3) is 0.800. The zero-order valence-corrected chi connectivity index (χ0v) is 8.94. The van der Waals surface area contributed by atoms with Crippen LogP contribution in [0.2, 0.25) is 0 Å². The van der Waals surface area contributed by atoms with E-state index in [2.05, 4.69) is 0 Å². The molecule has 0 saturated carbocycles. The lowest BCUT2D eigenvalue weighted by molar-refractivity contribution is -0.181. The summed E-state index contributed by atoms with van der Waals surface area (Å²) in [4.78, 5) is 22.9. The van der Waals surface area contributed by atoms with Crippen LogP contribution < -0.4 is 0 Å². The standard InChI is InChI=1S/C10H16O4/c1-5-6(2)10(12)14-8(4)7(3)13-9(5)11/h5-8H,1-4H3. The molecule has 4 unspecified atom stereocenters. The Bertz CT molecular complexity index is 223. The molecule has 4 heteroatoms. The van der Waals surface area contributed by atoms with E-state index < -0.39 is 11.8 Å². The molecule has 80 valence electrons. The second kappa shape index (κ2) is 3.98. The number of hydrogen-bond donors (Lipinski definition) is 0. The lowest BCUT2D eigenvalue weighted by atomic mass is 9.95. The van der Waals surface area contributed by atoms with E-state index in [1.54, 1.807) is 27.7 Å². The van der Waals surface area contributed by atoms with Crippen LogP contribution in [-0.4, -0.2) is 24.1 Å². The maximum Gasteiger partial charge on any atom is 0.309 e. The maximum absolute atomic E-state index is 11.4. The van der Waals surface area contributed by atoms with Gasteiger partial charge in [0.1, 0.15) is 12.2 Å². The highest BCUT2D eigenvalue weighted by Crippen LogP contribution is 2.21. The number of cyclic esters (lactones) is 2. The molecule has 4 atom stereocenters. The van der Waals surface area contributed by atoms with E-state index in [4.69, 9.17) is 9.47 Å². The Kier molecular flexibility index (Phi) is 3.13. The molecule has 1 heterocycles. The summed E-state index contributed by atoms with van der Waals surface area (Å²) in [7, 11) is 0. The van der Waals surface area contributed by atoms with Crippen LogP contribution in [0.3, 0.4) is 0 Å². The lowest BCUT2D eigenvalue weighted by Gasteiger charge is -2.28. The van der Waals surface area contributed by atoms with Gasteiger partial charge in [-0.25, -0.2) is 0 Å². The van der Waals surface area contributed by atoms with Crippen molar-refractivity contribution in [2.45, 2.75) is 39.9 Å². The number of rotatable bonds is 0. The largest absolute Gasteiger partial charge is 0.459 e. The summed E-state index contributed by atoms with van der Waals surface area (Å²) in [6.07, 6.45) is -0.747. The smallest absolute Gasteiger partial charge is 0.309 e. The minimum absolute atomic E-state index is 0.325. The highest BCUT2D eigenvalue weighted by atomic mass is 16.6. The Hall–Kier alpha value is -1.06. The molecular formula is C10H16O4. The minimum Gasteiger partial charge on any atom is -0.459 e.